The molecule has 0 saturated carbocycles. The van der Waals surface area contributed by atoms with Crippen molar-refractivity contribution >= 4 is 39.6 Å². The zero-order valence-electron chi connectivity index (χ0n) is 18.3. The molecule has 1 atom stereocenters. The maximum Gasteiger partial charge on any atom is 0.276 e. The summed E-state index contributed by atoms with van der Waals surface area (Å²) in [5.74, 6) is 0.402. The van der Waals surface area contributed by atoms with Crippen LogP contribution in [0.25, 0.3) is 21.8 Å². The van der Waals surface area contributed by atoms with Gasteiger partial charge in [0, 0.05) is 28.8 Å². The minimum absolute atomic E-state index is 0.0669. The van der Waals surface area contributed by atoms with Crippen molar-refractivity contribution in [3.05, 3.63) is 70.5 Å². The smallest absolute Gasteiger partial charge is 0.276 e. The summed E-state index contributed by atoms with van der Waals surface area (Å²) in [6.07, 6.45) is 0. The number of hydrogen-bond donors (Lipinski definition) is 2. The summed E-state index contributed by atoms with van der Waals surface area (Å²) in [4.78, 5) is 32.9. The van der Waals surface area contributed by atoms with Crippen LogP contribution < -0.4 is 15.4 Å². The lowest BCUT2D eigenvalue weighted by atomic mass is 10.1. The SMILES string of the molecule is COc1ccc(-c2nc(C(=O)Nc3nc(-c4ccc(C(C)NC(C)=O)cc4)cs3)cs2)cc1. The van der Waals surface area contributed by atoms with Crippen LogP contribution in [0.1, 0.15) is 35.9 Å². The lowest BCUT2D eigenvalue weighted by Gasteiger charge is -2.12. The molecule has 2 heterocycles. The Hall–Kier alpha value is -3.56. The number of aromatic nitrogens is 2. The molecule has 2 aromatic heterocycles. The molecule has 0 aliphatic rings. The van der Waals surface area contributed by atoms with E-state index in [2.05, 4.69) is 20.6 Å². The minimum Gasteiger partial charge on any atom is -0.497 e. The zero-order chi connectivity index (χ0) is 23.4. The lowest BCUT2D eigenvalue weighted by Crippen LogP contribution is -2.23. The monoisotopic (exact) mass is 478 g/mol. The molecule has 4 rings (SSSR count). The normalized spacial score (nSPS) is 11.6. The molecule has 4 aromatic rings. The van der Waals surface area contributed by atoms with E-state index >= 15 is 0 Å². The first-order valence-electron chi connectivity index (χ1n) is 10.2. The molecule has 9 heteroatoms. The quantitative estimate of drug-likeness (QED) is 0.371. The highest BCUT2D eigenvalue weighted by Crippen LogP contribution is 2.28. The Morgan fingerprint density at radius 3 is 2.30 bits per heavy atom. The van der Waals surface area contributed by atoms with Crippen LogP contribution in [0.5, 0.6) is 5.75 Å². The van der Waals surface area contributed by atoms with Gasteiger partial charge >= 0.3 is 0 Å². The maximum atomic E-state index is 12.7. The lowest BCUT2D eigenvalue weighted by molar-refractivity contribution is -0.119. The fourth-order valence-electron chi connectivity index (χ4n) is 3.20. The predicted octanol–water partition coefficient (Wildman–Crippen LogP) is 5.39. The number of carbonyl (C=O) groups excluding carboxylic acids is 2. The number of thiazole rings is 2. The van der Waals surface area contributed by atoms with E-state index in [1.807, 2.05) is 60.8 Å². The van der Waals surface area contributed by atoms with Crippen molar-refractivity contribution < 1.29 is 14.3 Å². The van der Waals surface area contributed by atoms with E-state index in [4.69, 9.17) is 4.74 Å². The first-order valence-corrected chi connectivity index (χ1v) is 11.9. The summed E-state index contributed by atoms with van der Waals surface area (Å²) >= 11 is 2.76. The number of nitrogens with one attached hydrogen (secondary N) is 2. The van der Waals surface area contributed by atoms with Crippen molar-refractivity contribution in [2.24, 2.45) is 0 Å². The van der Waals surface area contributed by atoms with Gasteiger partial charge < -0.3 is 10.1 Å². The van der Waals surface area contributed by atoms with Crippen LogP contribution in [0.15, 0.2) is 59.3 Å². The molecule has 2 aromatic carbocycles. The Morgan fingerprint density at radius 2 is 1.64 bits per heavy atom. The molecule has 0 aliphatic carbocycles. The van der Waals surface area contributed by atoms with E-state index in [-0.39, 0.29) is 17.9 Å². The van der Waals surface area contributed by atoms with Crippen molar-refractivity contribution in [3.8, 4) is 27.6 Å². The van der Waals surface area contributed by atoms with Gasteiger partial charge in [-0.2, -0.15) is 0 Å². The molecule has 0 fully saturated rings. The minimum atomic E-state index is -0.300. The van der Waals surface area contributed by atoms with E-state index in [0.717, 1.165) is 33.1 Å². The number of carbonyl (C=O) groups is 2. The summed E-state index contributed by atoms with van der Waals surface area (Å²) in [5, 5.41) is 10.6. The van der Waals surface area contributed by atoms with Gasteiger partial charge in [-0.1, -0.05) is 24.3 Å². The number of rotatable bonds is 7. The van der Waals surface area contributed by atoms with Gasteiger partial charge in [-0.15, -0.1) is 22.7 Å². The second-order valence-corrected chi connectivity index (χ2v) is 9.02. The number of hydrogen-bond acceptors (Lipinski definition) is 7. The van der Waals surface area contributed by atoms with Crippen LogP contribution in [0, 0.1) is 0 Å². The standard InChI is InChI=1S/C24H22N4O3S2/c1-14(25-15(2)29)16-4-6-17(7-5-16)20-12-33-24(27-20)28-22(30)21-13-32-23(26-21)18-8-10-19(31-3)11-9-18/h4-14H,1-3H3,(H,25,29)(H,27,28,30). The second kappa shape index (κ2) is 9.93. The number of benzene rings is 2. The Balaban J connectivity index is 1.42. The van der Waals surface area contributed by atoms with Crippen molar-refractivity contribution in [2.75, 3.05) is 12.4 Å². The maximum absolute atomic E-state index is 12.7. The van der Waals surface area contributed by atoms with Gasteiger partial charge in [0.15, 0.2) is 5.13 Å². The van der Waals surface area contributed by atoms with E-state index in [0.29, 0.717) is 10.8 Å². The number of anilines is 1. The molecular formula is C24H22N4O3S2. The van der Waals surface area contributed by atoms with Crippen LogP contribution in [-0.2, 0) is 4.79 Å². The van der Waals surface area contributed by atoms with Gasteiger partial charge in [-0.05, 0) is 36.8 Å². The van der Waals surface area contributed by atoms with Gasteiger partial charge in [0.1, 0.15) is 16.5 Å². The van der Waals surface area contributed by atoms with Crippen molar-refractivity contribution in [2.45, 2.75) is 19.9 Å². The third-order valence-corrected chi connectivity index (χ3v) is 6.57. The predicted molar refractivity (Wildman–Crippen MR) is 132 cm³/mol. The number of nitrogens with zero attached hydrogens (tertiary/aromatic N) is 2. The van der Waals surface area contributed by atoms with E-state index in [1.165, 1.54) is 29.6 Å². The number of amides is 2. The van der Waals surface area contributed by atoms with Gasteiger partial charge in [0.2, 0.25) is 5.91 Å². The fraction of sp³-hybridized carbons (Fsp3) is 0.167. The molecule has 0 saturated heterocycles. The summed E-state index contributed by atoms with van der Waals surface area (Å²) in [7, 11) is 1.62. The average Bonchev–Trinajstić information content (AvgIpc) is 3.49. The zero-order valence-corrected chi connectivity index (χ0v) is 19.9. The highest BCUT2D eigenvalue weighted by molar-refractivity contribution is 7.14. The molecule has 168 valence electrons. The van der Waals surface area contributed by atoms with Crippen molar-refractivity contribution in [3.63, 3.8) is 0 Å². The third kappa shape index (κ3) is 5.44. The third-order valence-electron chi connectivity index (χ3n) is 4.92. The Labute approximate surface area is 199 Å². The fourth-order valence-corrected chi connectivity index (χ4v) is 4.72. The van der Waals surface area contributed by atoms with Crippen LogP contribution in [0.4, 0.5) is 5.13 Å². The summed E-state index contributed by atoms with van der Waals surface area (Å²) in [5.41, 5.74) is 3.98. The largest absolute Gasteiger partial charge is 0.497 e. The molecular weight excluding hydrogens is 456 g/mol. The van der Waals surface area contributed by atoms with Crippen molar-refractivity contribution in [1.29, 1.82) is 0 Å². The number of methoxy groups -OCH3 is 1. The molecule has 1 unspecified atom stereocenters. The first-order chi connectivity index (χ1) is 15.9. The number of ether oxygens (including phenoxy) is 1. The summed E-state index contributed by atoms with van der Waals surface area (Å²) in [6.45, 7) is 3.44. The summed E-state index contributed by atoms with van der Waals surface area (Å²) in [6, 6.07) is 15.3. The van der Waals surface area contributed by atoms with Crippen molar-refractivity contribution in [1.82, 2.24) is 15.3 Å². The highest BCUT2D eigenvalue weighted by atomic mass is 32.1. The molecule has 2 amide bonds. The summed E-state index contributed by atoms with van der Waals surface area (Å²) < 4.78 is 5.18. The van der Waals surface area contributed by atoms with Crippen LogP contribution in [0.2, 0.25) is 0 Å². The van der Waals surface area contributed by atoms with Crippen LogP contribution in [0.3, 0.4) is 0 Å². The Bertz CT molecular complexity index is 1260. The molecule has 0 aliphatic heterocycles. The first kappa shape index (κ1) is 22.6. The average molecular weight is 479 g/mol. The molecule has 0 bridgehead atoms. The molecule has 0 spiro atoms. The van der Waals surface area contributed by atoms with E-state index in [1.54, 1.807) is 12.5 Å². The van der Waals surface area contributed by atoms with Gasteiger partial charge in [-0.25, -0.2) is 9.97 Å². The molecule has 33 heavy (non-hydrogen) atoms. The molecule has 2 N–H and O–H groups in total. The molecule has 0 radical (unpaired) electrons. The van der Waals surface area contributed by atoms with Gasteiger partial charge in [0.25, 0.3) is 5.91 Å². The highest BCUT2D eigenvalue weighted by Gasteiger charge is 2.15. The Morgan fingerprint density at radius 1 is 0.939 bits per heavy atom. The van der Waals surface area contributed by atoms with E-state index in [9.17, 15) is 9.59 Å². The topological polar surface area (TPSA) is 93.2 Å². The van der Waals surface area contributed by atoms with E-state index < -0.39 is 0 Å². The Kier molecular flexibility index (Phi) is 6.81. The van der Waals surface area contributed by atoms with Gasteiger partial charge in [0.05, 0.1) is 18.8 Å². The van der Waals surface area contributed by atoms with Gasteiger partial charge in [-0.3, -0.25) is 14.9 Å². The second-order valence-electron chi connectivity index (χ2n) is 7.30. The van der Waals surface area contributed by atoms with Crippen LogP contribution >= 0.6 is 22.7 Å². The molecule has 7 nitrogen and oxygen atoms in total. The van der Waals surface area contributed by atoms with Crippen LogP contribution in [-0.4, -0.2) is 28.9 Å².